The van der Waals surface area contributed by atoms with Gasteiger partial charge in [0.05, 0.1) is 0 Å². The van der Waals surface area contributed by atoms with Gasteiger partial charge in [0.2, 0.25) is 0 Å². The first kappa shape index (κ1) is 19.8. The maximum atomic E-state index is 12.7. The molecule has 1 aliphatic heterocycles. The van der Waals surface area contributed by atoms with Crippen LogP contribution in [0, 0.1) is 0 Å². The highest BCUT2D eigenvalue weighted by Gasteiger charge is 2.36. The number of nitrogens with one attached hydrogen (secondary N) is 2. The largest absolute Gasteiger partial charge is 0.346 e. The van der Waals surface area contributed by atoms with E-state index in [-0.39, 0.29) is 16.8 Å². The van der Waals surface area contributed by atoms with Crippen LogP contribution in [-0.4, -0.2) is 43.7 Å². The molecule has 3 rings (SSSR count). The third-order valence-corrected chi connectivity index (χ3v) is 7.76. The molecule has 2 heterocycles. The number of anilines is 1. The van der Waals surface area contributed by atoms with E-state index in [9.17, 15) is 18.0 Å². The van der Waals surface area contributed by atoms with Crippen molar-refractivity contribution in [3.05, 3.63) is 46.8 Å². The Morgan fingerprint density at radius 3 is 2.59 bits per heavy atom. The predicted molar refractivity (Wildman–Crippen MR) is 104 cm³/mol. The van der Waals surface area contributed by atoms with Crippen LogP contribution in [0.15, 0.2) is 46.0 Å². The number of carbonyl (C=O) groups is 2. The molecule has 0 spiro atoms. The Morgan fingerprint density at radius 2 is 1.93 bits per heavy atom. The molecule has 1 aromatic carbocycles. The highest BCUT2D eigenvalue weighted by atomic mass is 35.5. The van der Waals surface area contributed by atoms with E-state index in [0.717, 1.165) is 11.3 Å². The van der Waals surface area contributed by atoms with Crippen LogP contribution in [0.4, 0.5) is 5.69 Å². The molecule has 1 aliphatic rings. The highest BCUT2D eigenvalue weighted by molar-refractivity contribution is 7.91. The summed E-state index contributed by atoms with van der Waals surface area (Å²) >= 11 is 6.94. The molecule has 0 bridgehead atoms. The zero-order valence-electron chi connectivity index (χ0n) is 14.2. The van der Waals surface area contributed by atoms with E-state index < -0.39 is 21.8 Å². The van der Waals surface area contributed by atoms with E-state index >= 15 is 0 Å². The number of halogens is 1. The average Bonchev–Trinajstić information content (AvgIpc) is 3.33. The maximum Gasteiger partial charge on any atom is 0.313 e. The zero-order chi connectivity index (χ0) is 19.4. The van der Waals surface area contributed by atoms with E-state index in [1.807, 2.05) is 0 Å². The van der Waals surface area contributed by atoms with Crippen LogP contribution in [0.5, 0.6) is 0 Å². The molecule has 2 aromatic rings. The quantitative estimate of drug-likeness (QED) is 0.716. The second-order valence-electron chi connectivity index (χ2n) is 6.01. The van der Waals surface area contributed by atoms with E-state index in [1.54, 1.807) is 41.8 Å². The van der Waals surface area contributed by atoms with Gasteiger partial charge in [0, 0.05) is 29.8 Å². The van der Waals surface area contributed by atoms with E-state index in [2.05, 4.69) is 10.6 Å². The summed E-state index contributed by atoms with van der Waals surface area (Å²) in [4.78, 5) is 24.0. The molecule has 1 fully saturated rings. The lowest BCUT2D eigenvalue weighted by atomic mass is 10.2. The molecule has 1 aromatic heterocycles. The van der Waals surface area contributed by atoms with Crippen LogP contribution < -0.4 is 10.6 Å². The first-order valence-electron chi connectivity index (χ1n) is 8.28. The van der Waals surface area contributed by atoms with Gasteiger partial charge in [-0.2, -0.15) is 4.31 Å². The summed E-state index contributed by atoms with van der Waals surface area (Å²) in [6.07, 6.45) is 1.34. The summed E-state index contributed by atoms with van der Waals surface area (Å²) in [5.74, 6) is -1.63. The van der Waals surface area contributed by atoms with Crippen molar-refractivity contribution in [2.45, 2.75) is 23.1 Å². The monoisotopic (exact) mass is 427 g/mol. The number of hydrogen-bond donors (Lipinski definition) is 2. The minimum Gasteiger partial charge on any atom is -0.346 e. The number of amides is 2. The minimum absolute atomic E-state index is 0.0808. The van der Waals surface area contributed by atoms with Gasteiger partial charge in [-0.15, -0.1) is 11.3 Å². The smallest absolute Gasteiger partial charge is 0.313 e. The molecule has 2 N–H and O–H groups in total. The Morgan fingerprint density at radius 1 is 1.19 bits per heavy atom. The normalized spacial score (nSPS) is 17.6. The number of nitrogens with zero attached hydrogens (tertiary/aromatic N) is 1. The van der Waals surface area contributed by atoms with Crippen molar-refractivity contribution in [3.63, 3.8) is 0 Å². The number of rotatable bonds is 5. The van der Waals surface area contributed by atoms with Crippen molar-refractivity contribution in [2.24, 2.45) is 0 Å². The van der Waals surface area contributed by atoms with Crippen LogP contribution in [0.3, 0.4) is 0 Å². The SMILES string of the molecule is O=C(NC[C@H]1CCCN1S(=O)(=O)c1cccs1)C(=O)Nc1ccc(Cl)cc1. The third kappa shape index (κ3) is 4.67. The fourth-order valence-corrected chi connectivity index (χ4v) is 5.81. The van der Waals surface area contributed by atoms with Crippen LogP contribution >= 0.6 is 22.9 Å². The van der Waals surface area contributed by atoms with Gasteiger partial charge in [0.25, 0.3) is 10.0 Å². The van der Waals surface area contributed by atoms with Crippen molar-refractivity contribution in [1.82, 2.24) is 9.62 Å². The lowest BCUT2D eigenvalue weighted by Crippen LogP contribution is -2.45. The first-order chi connectivity index (χ1) is 12.9. The summed E-state index contributed by atoms with van der Waals surface area (Å²) < 4.78 is 27.1. The standard InChI is InChI=1S/C17H18ClN3O4S2/c18-12-5-7-13(8-6-12)20-17(23)16(22)19-11-14-3-1-9-21(14)27(24,25)15-4-2-10-26-15/h2,4-8,10,14H,1,3,9,11H2,(H,19,22)(H,20,23)/t14-/m1/s1. The molecule has 1 saturated heterocycles. The summed E-state index contributed by atoms with van der Waals surface area (Å²) in [5.41, 5.74) is 0.447. The van der Waals surface area contributed by atoms with Gasteiger partial charge in [0.15, 0.2) is 0 Å². The van der Waals surface area contributed by atoms with Gasteiger partial charge in [-0.25, -0.2) is 8.42 Å². The van der Waals surface area contributed by atoms with Crippen LogP contribution in [0.25, 0.3) is 0 Å². The van der Waals surface area contributed by atoms with Crippen LogP contribution in [-0.2, 0) is 19.6 Å². The van der Waals surface area contributed by atoms with Crippen LogP contribution in [0.2, 0.25) is 5.02 Å². The van der Waals surface area contributed by atoms with Crippen molar-refractivity contribution < 1.29 is 18.0 Å². The van der Waals surface area contributed by atoms with E-state index in [1.165, 1.54) is 4.31 Å². The summed E-state index contributed by atoms with van der Waals surface area (Å²) in [6.45, 7) is 0.481. The second kappa shape index (κ2) is 8.39. The summed E-state index contributed by atoms with van der Waals surface area (Å²) in [5, 5.41) is 7.22. The van der Waals surface area contributed by atoms with Crippen molar-refractivity contribution in [3.8, 4) is 0 Å². The Balaban J connectivity index is 1.57. The molecule has 0 saturated carbocycles. The summed E-state index contributed by atoms with van der Waals surface area (Å²) in [6, 6.07) is 9.24. The summed E-state index contributed by atoms with van der Waals surface area (Å²) in [7, 11) is -3.58. The molecule has 10 heteroatoms. The number of sulfonamides is 1. The molecule has 0 unspecified atom stereocenters. The lowest BCUT2D eigenvalue weighted by Gasteiger charge is -2.23. The van der Waals surface area contributed by atoms with Crippen LogP contribution in [0.1, 0.15) is 12.8 Å². The average molecular weight is 428 g/mol. The highest BCUT2D eigenvalue weighted by Crippen LogP contribution is 2.28. The van der Waals surface area contributed by atoms with Gasteiger partial charge in [-0.3, -0.25) is 9.59 Å². The lowest BCUT2D eigenvalue weighted by molar-refractivity contribution is -0.136. The first-order valence-corrected chi connectivity index (χ1v) is 11.0. The number of thiophene rings is 1. The van der Waals surface area contributed by atoms with Gasteiger partial charge in [-0.1, -0.05) is 17.7 Å². The Bertz CT molecular complexity index is 914. The number of hydrogen-bond acceptors (Lipinski definition) is 5. The third-order valence-electron chi connectivity index (χ3n) is 4.19. The Hall–Kier alpha value is -1.94. The number of benzene rings is 1. The van der Waals surface area contributed by atoms with Crippen molar-refractivity contribution in [2.75, 3.05) is 18.4 Å². The van der Waals surface area contributed by atoms with Crippen molar-refractivity contribution >= 4 is 50.5 Å². The molecule has 1 atom stereocenters. The molecule has 0 radical (unpaired) electrons. The molecule has 7 nitrogen and oxygen atoms in total. The molecule has 2 amide bonds. The molecule has 27 heavy (non-hydrogen) atoms. The topological polar surface area (TPSA) is 95.6 Å². The van der Waals surface area contributed by atoms with Gasteiger partial charge in [-0.05, 0) is 48.6 Å². The van der Waals surface area contributed by atoms with E-state index in [4.69, 9.17) is 11.6 Å². The number of carbonyl (C=O) groups excluding carboxylic acids is 2. The Kier molecular flexibility index (Phi) is 6.15. The molecular weight excluding hydrogens is 410 g/mol. The fraction of sp³-hybridized carbons (Fsp3) is 0.294. The van der Waals surface area contributed by atoms with Gasteiger partial charge < -0.3 is 10.6 Å². The minimum atomic E-state index is -3.58. The van der Waals surface area contributed by atoms with Gasteiger partial charge >= 0.3 is 11.8 Å². The molecule has 144 valence electrons. The second-order valence-corrected chi connectivity index (χ2v) is 9.52. The fourth-order valence-electron chi connectivity index (χ4n) is 2.87. The Labute approximate surface area is 166 Å². The predicted octanol–water partition coefficient (Wildman–Crippen LogP) is 2.31. The maximum absolute atomic E-state index is 12.7. The van der Waals surface area contributed by atoms with Crippen molar-refractivity contribution in [1.29, 1.82) is 0 Å². The zero-order valence-corrected chi connectivity index (χ0v) is 16.6. The van der Waals surface area contributed by atoms with Gasteiger partial charge in [0.1, 0.15) is 4.21 Å². The molecule has 0 aliphatic carbocycles. The van der Waals surface area contributed by atoms with E-state index in [0.29, 0.717) is 30.1 Å². The molecular formula is C17H18ClN3O4S2.